The van der Waals surface area contributed by atoms with Crippen LogP contribution in [0.1, 0.15) is 34.3 Å². The molecular weight excluding hydrogens is 279 g/mol. The summed E-state index contributed by atoms with van der Waals surface area (Å²) in [6.07, 6.45) is 0.416. The second kappa shape index (κ2) is 4.92. The normalized spacial score (nSPS) is 21.5. The van der Waals surface area contributed by atoms with Gasteiger partial charge in [0.25, 0.3) is 5.91 Å². The highest BCUT2D eigenvalue weighted by molar-refractivity contribution is 6.05. The van der Waals surface area contributed by atoms with Crippen LogP contribution in [0.25, 0.3) is 0 Å². The summed E-state index contributed by atoms with van der Waals surface area (Å²) in [5.41, 5.74) is 0.785. The Balaban J connectivity index is 1.93. The van der Waals surface area contributed by atoms with E-state index in [1.54, 1.807) is 0 Å². The molecule has 2 aliphatic rings. The molecule has 0 radical (unpaired) electrons. The van der Waals surface area contributed by atoms with E-state index in [0.29, 0.717) is 11.1 Å². The van der Waals surface area contributed by atoms with Crippen molar-refractivity contribution < 1.29 is 23.9 Å². The molecule has 1 aromatic rings. The van der Waals surface area contributed by atoms with Gasteiger partial charge < -0.3 is 10.0 Å². The Bertz CT molecular complexity index is 659. The van der Waals surface area contributed by atoms with Crippen LogP contribution in [0, 0.1) is 5.82 Å². The number of piperidine rings is 1. The molecule has 0 aromatic heterocycles. The van der Waals surface area contributed by atoms with Crippen LogP contribution in [0.5, 0.6) is 0 Å². The molecule has 1 unspecified atom stereocenters. The van der Waals surface area contributed by atoms with Gasteiger partial charge in [-0.3, -0.25) is 19.7 Å². The number of hydrogen-bond acceptors (Lipinski definition) is 4. The van der Waals surface area contributed by atoms with Gasteiger partial charge in [0, 0.05) is 24.1 Å². The molecular formula is C14H13FN2O4. The number of benzene rings is 1. The molecule has 1 fully saturated rings. The number of rotatable bonds is 2. The van der Waals surface area contributed by atoms with E-state index in [4.69, 9.17) is 0 Å². The second-order valence-electron chi connectivity index (χ2n) is 5.11. The minimum absolute atomic E-state index is 0.0636. The van der Waals surface area contributed by atoms with Gasteiger partial charge in [0.2, 0.25) is 11.8 Å². The minimum atomic E-state index is -0.739. The number of carbonyl (C=O) groups is 3. The molecule has 0 saturated carbocycles. The molecule has 3 rings (SSSR count). The number of nitrogens with one attached hydrogen (secondary N) is 1. The molecule has 0 spiro atoms. The molecule has 0 bridgehead atoms. The van der Waals surface area contributed by atoms with Crippen LogP contribution in [0.2, 0.25) is 0 Å². The average molecular weight is 292 g/mol. The van der Waals surface area contributed by atoms with E-state index in [1.165, 1.54) is 11.0 Å². The summed E-state index contributed by atoms with van der Waals surface area (Å²) in [6, 6.07) is 1.76. The molecule has 3 amide bonds. The second-order valence-corrected chi connectivity index (χ2v) is 5.11. The predicted molar refractivity (Wildman–Crippen MR) is 68.4 cm³/mol. The van der Waals surface area contributed by atoms with Crippen molar-refractivity contribution in [2.45, 2.75) is 32.0 Å². The third-order valence-electron chi connectivity index (χ3n) is 3.94. The lowest BCUT2D eigenvalue weighted by Gasteiger charge is -2.29. The van der Waals surface area contributed by atoms with Crippen LogP contribution in [0.4, 0.5) is 4.39 Å². The molecule has 6 nitrogen and oxygen atoms in total. The fourth-order valence-electron chi connectivity index (χ4n) is 2.84. The lowest BCUT2D eigenvalue weighted by Crippen LogP contribution is -2.52. The zero-order chi connectivity index (χ0) is 15.1. The van der Waals surface area contributed by atoms with Crippen LogP contribution < -0.4 is 5.32 Å². The van der Waals surface area contributed by atoms with E-state index in [9.17, 15) is 23.9 Å². The Hall–Kier alpha value is -2.28. The molecule has 1 atom stereocenters. The topological polar surface area (TPSA) is 86.7 Å². The van der Waals surface area contributed by atoms with E-state index in [0.717, 1.165) is 6.07 Å². The summed E-state index contributed by atoms with van der Waals surface area (Å²) in [5, 5.41) is 11.5. The summed E-state index contributed by atoms with van der Waals surface area (Å²) < 4.78 is 13.7. The van der Waals surface area contributed by atoms with Crippen molar-refractivity contribution in [3.8, 4) is 0 Å². The largest absolute Gasteiger partial charge is 0.392 e. The highest BCUT2D eigenvalue weighted by Gasteiger charge is 2.40. The van der Waals surface area contributed by atoms with Gasteiger partial charge in [0.1, 0.15) is 11.9 Å². The fraction of sp³-hybridized carbons (Fsp3) is 0.357. The van der Waals surface area contributed by atoms with Crippen LogP contribution in [0.3, 0.4) is 0 Å². The number of halogens is 1. The summed E-state index contributed by atoms with van der Waals surface area (Å²) >= 11 is 0. The van der Waals surface area contributed by atoms with Gasteiger partial charge in [-0.15, -0.1) is 0 Å². The molecule has 2 N–H and O–H groups in total. The van der Waals surface area contributed by atoms with Gasteiger partial charge >= 0.3 is 0 Å². The standard InChI is InChI=1S/C14H13FN2O4/c15-10-2-1-7-8(9(10)6-18)5-17(14(7)21)11-3-4-12(19)16-13(11)20/h1-2,11,18H,3-6H2,(H,16,19,20). The van der Waals surface area contributed by atoms with Crippen molar-refractivity contribution in [3.05, 3.63) is 34.6 Å². The van der Waals surface area contributed by atoms with Crippen LogP contribution in [-0.4, -0.2) is 33.8 Å². The first-order valence-electron chi connectivity index (χ1n) is 6.58. The lowest BCUT2D eigenvalue weighted by molar-refractivity contribution is -0.136. The van der Waals surface area contributed by atoms with E-state index in [2.05, 4.69) is 5.32 Å². The maximum Gasteiger partial charge on any atom is 0.255 e. The highest BCUT2D eigenvalue weighted by atomic mass is 19.1. The van der Waals surface area contributed by atoms with E-state index in [-0.39, 0.29) is 36.8 Å². The van der Waals surface area contributed by atoms with Gasteiger partial charge in [0.05, 0.1) is 6.61 Å². The minimum Gasteiger partial charge on any atom is -0.392 e. The molecule has 21 heavy (non-hydrogen) atoms. The van der Waals surface area contributed by atoms with E-state index >= 15 is 0 Å². The highest BCUT2D eigenvalue weighted by Crippen LogP contribution is 2.31. The molecule has 2 heterocycles. The smallest absolute Gasteiger partial charge is 0.255 e. The Morgan fingerprint density at radius 3 is 2.76 bits per heavy atom. The number of amides is 3. The maximum absolute atomic E-state index is 13.7. The Morgan fingerprint density at radius 2 is 2.10 bits per heavy atom. The third-order valence-corrected chi connectivity index (χ3v) is 3.94. The number of fused-ring (bicyclic) bond motifs is 1. The Kier molecular flexibility index (Phi) is 3.21. The van der Waals surface area contributed by atoms with Gasteiger partial charge in [-0.05, 0) is 24.1 Å². The summed E-state index contributed by atoms with van der Waals surface area (Å²) in [6.45, 7) is -0.445. The molecule has 1 aromatic carbocycles. The van der Waals surface area contributed by atoms with Crippen molar-refractivity contribution in [2.24, 2.45) is 0 Å². The Labute approximate surface area is 119 Å². The number of nitrogens with zero attached hydrogens (tertiary/aromatic N) is 1. The van der Waals surface area contributed by atoms with Gasteiger partial charge in [0.15, 0.2) is 0 Å². The summed E-state index contributed by atoms with van der Waals surface area (Å²) in [7, 11) is 0. The molecule has 2 aliphatic heterocycles. The lowest BCUT2D eigenvalue weighted by atomic mass is 10.0. The third kappa shape index (κ3) is 2.09. The molecule has 110 valence electrons. The van der Waals surface area contributed by atoms with Crippen LogP contribution >= 0.6 is 0 Å². The zero-order valence-electron chi connectivity index (χ0n) is 11.1. The first-order chi connectivity index (χ1) is 10.0. The molecule has 0 aliphatic carbocycles. The molecule has 1 saturated heterocycles. The van der Waals surface area contributed by atoms with Gasteiger partial charge in [-0.1, -0.05) is 0 Å². The first-order valence-corrected chi connectivity index (χ1v) is 6.58. The van der Waals surface area contributed by atoms with E-state index in [1.807, 2.05) is 0 Å². The number of carbonyl (C=O) groups excluding carboxylic acids is 3. The molecule has 7 heteroatoms. The summed E-state index contributed by atoms with van der Waals surface area (Å²) in [4.78, 5) is 36.7. The van der Waals surface area contributed by atoms with Crippen molar-refractivity contribution in [1.82, 2.24) is 10.2 Å². The number of imide groups is 1. The van der Waals surface area contributed by atoms with Crippen LogP contribution in [-0.2, 0) is 22.7 Å². The Morgan fingerprint density at radius 1 is 1.33 bits per heavy atom. The van der Waals surface area contributed by atoms with Crippen molar-refractivity contribution >= 4 is 17.7 Å². The number of aliphatic hydroxyl groups excluding tert-OH is 1. The predicted octanol–water partition coefficient (Wildman–Crippen LogP) is 0.0790. The fourth-order valence-corrected chi connectivity index (χ4v) is 2.84. The van der Waals surface area contributed by atoms with Crippen molar-refractivity contribution in [1.29, 1.82) is 0 Å². The quantitative estimate of drug-likeness (QED) is 0.756. The maximum atomic E-state index is 13.7. The van der Waals surface area contributed by atoms with Crippen molar-refractivity contribution in [2.75, 3.05) is 0 Å². The monoisotopic (exact) mass is 292 g/mol. The zero-order valence-corrected chi connectivity index (χ0v) is 11.1. The van der Waals surface area contributed by atoms with E-state index < -0.39 is 24.4 Å². The number of hydrogen-bond donors (Lipinski definition) is 2. The van der Waals surface area contributed by atoms with Gasteiger partial charge in [-0.2, -0.15) is 0 Å². The van der Waals surface area contributed by atoms with Crippen LogP contribution in [0.15, 0.2) is 12.1 Å². The SMILES string of the molecule is O=C1CCC(N2Cc3c(ccc(F)c3CO)C2=O)C(=O)N1. The average Bonchev–Trinajstić information content (AvgIpc) is 2.76. The number of aliphatic hydroxyl groups is 1. The van der Waals surface area contributed by atoms with Gasteiger partial charge in [-0.25, -0.2) is 4.39 Å². The summed E-state index contributed by atoms with van der Waals surface area (Å²) in [5.74, 6) is -1.83. The van der Waals surface area contributed by atoms with Crippen molar-refractivity contribution in [3.63, 3.8) is 0 Å². The first kappa shape index (κ1) is 13.7.